The first-order chi connectivity index (χ1) is 7.59. The molecule has 0 radical (unpaired) electrons. The van der Waals surface area contributed by atoms with Crippen molar-refractivity contribution in [3.63, 3.8) is 0 Å². The number of halogens is 2. The van der Waals surface area contributed by atoms with Crippen molar-refractivity contribution < 1.29 is 8.42 Å². The van der Waals surface area contributed by atoms with E-state index < -0.39 is 10.0 Å². The van der Waals surface area contributed by atoms with E-state index in [-0.39, 0.29) is 18.4 Å². The van der Waals surface area contributed by atoms with E-state index in [1.807, 2.05) is 0 Å². The number of hydrogen-bond acceptors (Lipinski definition) is 4. The Morgan fingerprint density at radius 3 is 2.59 bits per heavy atom. The van der Waals surface area contributed by atoms with Gasteiger partial charge >= 0.3 is 0 Å². The van der Waals surface area contributed by atoms with Gasteiger partial charge in [-0.15, -0.1) is 23.7 Å². The number of piperidine rings is 1. The van der Waals surface area contributed by atoms with Gasteiger partial charge < -0.3 is 5.32 Å². The van der Waals surface area contributed by atoms with Crippen LogP contribution in [0.25, 0.3) is 0 Å². The fourth-order valence-corrected chi connectivity index (χ4v) is 5.99. The molecule has 96 valence electrons. The second-order valence-electron chi connectivity index (χ2n) is 4.19. The quantitative estimate of drug-likeness (QED) is 0.858. The maximum absolute atomic E-state index is 12.0. The number of rotatable bonds is 3. The third-order valence-corrected chi connectivity index (χ3v) is 7.34. The minimum Gasteiger partial charge on any atom is -0.316 e. The molecular formula is C9H12BrClN2O2S2. The number of hydrogen-bond donors (Lipinski definition) is 2. The lowest BCUT2D eigenvalue weighted by Gasteiger charge is -2.07. The summed E-state index contributed by atoms with van der Waals surface area (Å²) in [5.41, 5.74) is 0. The lowest BCUT2D eigenvalue weighted by Crippen LogP contribution is -2.32. The third kappa shape index (κ3) is 2.41. The lowest BCUT2D eigenvalue weighted by atomic mass is 10.4. The van der Waals surface area contributed by atoms with Crippen molar-refractivity contribution >= 4 is 49.7 Å². The Hall–Kier alpha value is 0.340. The fourth-order valence-electron chi connectivity index (χ4n) is 2.30. The summed E-state index contributed by atoms with van der Waals surface area (Å²) in [6.07, 6.45) is 0. The van der Waals surface area contributed by atoms with Crippen molar-refractivity contribution in [3.05, 3.63) is 15.9 Å². The molecule has 2 fully saturated rings. The smallest absolute Gasteiger partial charge is 0.251 e. The molecule has 0 amide bonds. The summed E-state index contributed by atoms with van der Waals surface area (Å²) in [5, 5.41) is 5.01. The van der Waals surface area contributed by atoms with Crippen LogP contribution in [-0.4, -0.2) is 27.5 Å². The maximum Gasteiger partial charge on any atom is 0.251 e. The Kier molecular flexibility index (Phi) is 3.88. The number of sulfonamides is 1. The highest BCUT2D eigenvalue weighted by Gasteiger charge is 2.54. The van der Waals surface area contributed by atoms with Crippen LogP contribution in [0.3, 0.4) is 0 Å². The van der Waals surface area contributed by atoms with E-state index in [1.54, 1.807) is 11.4 Å². The van der Waals surface area contributed by atoms with Gasteiger partial charge in [-0.1, -0.05) is 0 Å². The molecule has 3 rings (SSSR count). The van der Waals surface area contributed by atoms with Gasteiger partial charge in [0.05, 0.1) is 0 Å². The van der Waals surface area contributed by atoms with Crippen molar-refractivity contribution in [2.24, 2.45) is 11.8 Å². The van der Waals surface area contributed by atoms with Gasteiger partial charge in [0.2, 0.25) is 0 Å². The van der Waals surface area contributed by atoms with E-state index in [0.29, 0.717) is 20.5 Å². The van der Waals surface area contributed by atoms with Crippen molar-refractivity contribution in [1.29, 1.82) is 0 Å². The molecule has 4 nitrogen and oxygen atoms in total. The van der Waals surface area contributed by atoms with Crippen LogP contribution in [0.1, 0.15) is 0 Å². The van der Waals surface area contributed by atoms with Crippen molar-refractivity contribution in [2.75, 3.05) is 13.1 Å². The molecule has 1 aliphatic carbocycles. The Bertz CT molecular complexity index is 509. The predicted octanol–water partition coefficient (Wildman–Crippen LogP) is 1.43. The van der Waals surface area contributed by atoms with Crippen molar-refractivity contribution in [2.45, 2.75) is 10.3 Å². The highest BCUT2D eigenvalue weighted by Crippen LogP contribution is 2.43. The van der Waals surface area contributed by atoms with Gasteiger partial charge in [-0.25, -0.2) is 13.1 Å². The number of thiophene rings is 1. The predicted molar refractivity (Wildman–Crippen MR) is 73.2 cm³/mol. The van der Waals surface area contributed by atoms with Gasteiger partial charge in [0.25, 0.3) is 10.0 Å². The normalized spacial score (nSPS) is 30.8. The minimum absolute atomic E-state index is 0. The molecule has 2 heterocycles. The maximum atomic E-state index is 12.0. The standard InChI is InChI=1S/C9H11BrN2O2S2.ClH/c10-7-1-2-15-9(7)16(13,14)12-8-5-3-11-4-6(5)8;/h1-2,5-6,8,11-12H,3-4H2;1H. The van der Waals surface area contributed by atoms with Crippen LogP contribution in [0, 0.1) is 11.8 Å². The van der Waals surface area contributed by atoms with E-state index in [2.05, 4.69) is 26.0 Å². The molecule has 2 unspecified atom stereocenters. The third-order valence-electron chi connectivity index (χ3n) is 3.21. The van der Waals surface area contributed by atoms with Crippen LogP contribution < -0.4 is 10.0 Å². The topological polar surface area (TPSA) is 58.2 Å². The summed E-state index contributed by atoms with van der Waals surface area (Å²) >= 11 is 4.49. The number of nitrogens with one attached hydrogen (secondary N) is 2. The van der Waals surface area contributed by atoms with Gasteiger partial charge in [-0.05, 0) is 52.3 Å². The van der Waals surface area contributed by atoms with E-state index in [1.165, 1.54) is 11.3 Å². The van der Waals surface area contributed by atoms with Crippen LogP contribution >= 0.6 is 39.7 Å². The molecule has 0 bridgehead atoms. The zero-order valence-corrected chi connectivity index (χ0v) is 12.8. The molecule has 8 heteroatoms. The SMILES string of the molecule is Cl.O=S(=O)(NC1C2CNCC21)c1sccc1Br. The average Bonchev–Trinajstić information content (AvgIpc) is 2.68. The van der Waals surface area contributed by atoms with E-state index in [4.69, 9.17) is 0 Å². The van der Waals surface area contributed by atoms with Gasteiger partial charge in [0, 0.05) is 10.5 Å². The molecule has 1 saturated heterocycles. The second-order valence-corrected chi connectivity index (χ2v) is 7.87. The summed E-state index contributed by atoms with van der Waals surface area (Å²) in [6, 6.07) is 1.90. The molecule has 1 aliphatic heterocycles. The van der Waals surface area contributed by atoms with Crippen LogP contribution in [-0.2, 0) is 10.0 Å². The van der Waals surface area contributed by atoms with Gasteiger partial charge in [0.15, 0.2) is 0 Å². The van der Waals surface area contributed by atoms with E-state index in [0.717, 1.165) is 13.1 Å². The van der Waals surface area contributed by atoms with E-state index in [9.17, 15) is 8.42 Å². The molecule has 1 saturated carbocycles. The van der Waals surface area contributed by atoms with Gasteiger partial charge in [-0.3, -0.25) is 0 Å². The molecule has 1 aromatic heterocycles. The summed E-state index contributed by atoms with van der Waals surface area (Å²) < 4.78 is 27.9. The zero-order valence-electron chi connectivity index (χ0n) is 8.72. The Morgan fingerprint density at radius 1 is 1.41 bits per heavy atom. The molecule has 17 heavy (non-hydrogen) atoms. The first-order valence-electron chi connectivity index (χ1n) is 5.05. The van der Waals surface area contributed by atoms with Gasteiger partial charge in [0.1, 0.15) is 4.21 Å². The Morgan fingerprint density at radius 2 is 2.06 bits per heavy atom. The summed E-state index contributed by atoms with van der Waals surface area (Å²) in [5.74, 6) is 0.988. The van der Waals surface area contributed by atoms with Crippen LogP contribution in [0.5, 0.6) is 0 Å². The molecule has 2 N–H and O–H groups in total. The largest absolute Gasteiger partial charge is 0.316 e. The molecular weight excluding hydrogens is 348 g/mol. The molecule has 2 aliphatic rings. The fraction of sp³-hybridized carbons (Fsp3) is 0.556. The summed E-state index contributed by atoms with van der Waals surface area (Å²) in [7, 11) is -3.33. The minimum atomic E-state index is -3.33. The Balaban J connectivity index is 0.00000108. The first-order valence-corrected chi connectivity index (χ1v) is 8.21. The second kappa shape index (κ2) is 4.79. The highest BCUT2D eigenvalue weighted by atomic mass is 79.9. The van der Waals surface area contributed by atoms with Crippen LogP contribution in [0.15, 0.2) is 20.1 Å². The molecule has 0 spiro atoms. The summed E-state index contributed by atoms with van der Waals surface area (Å²) in [6.45, 7) is 1.87. The van der Waals surface area contributed by atoms with Crippen LogP contribution in [0.4, 0.5) is 0 Å². The first kappa shape index (κ1) is 13.8. The summed E-state index contributed by atoms with van der Waals surface area (Å²) in [4.78, 5) is 0. The van der Waals surface area contributed by atoms with E-state index >= 15 is 0 Å². The molecule has 1 aromatic rings. The Labute approximate surface area is 119 Å². The van der Waals surface area contributed by atoms with Crippen molar-refractivity contribution in [1.82, 2.24) is 10.0 Å². The number of fused-ring (bicyclic) bond motifs is 1. The highest BCUT2D eigenvalue weighted by molar-refractivity contribution is 9.10. The average molecular weight is 360 g/mol. The monoisotopic (exact) mass is 358 g/mol. The zero-order chi connectivity index (χ0) is 11.3. The lowest BCUT2D eigenvalue weighted by molar-refractivity contribution is 0.567. The van der Waals surface area contributed by atoms with Gasteiger partial charge in [-0.2, -0.15) is 0 Å². The molecule has 2 atom stereocenters. The van der Waals surface area contributed by atoms with Crippen LogP contribution in [0.2, 0.25) is 0 Å². The van der Waals surface area contributed by atoms with Crippen molar-refractivity contribution in [3.8, 4) is 0 Å². The molecule has 0 aromatic carbocycles.